The Bertz CT molecular complexity index is 1220. The summed E-state index contributed by atoms with van der Waals surface area (Å²) >= 11 is 0. The number of rotatable bonds is 10. The van der Waals surface area contributed by atoms with Crippen LogP contribution in [0, 0.1) is 18.8 Å². The van der Waals surface area contributed by atoms with Gasteiger partial charge in [0.15, 0.2) is 0 Å². The molecule has 1 aliphatic rings. The van der Waals surface area contributed by atoms with E-state index < -0.39 is 6.43 Å². The maximum atomic E-state index is 13.0. The predicted octanol–water partition coefficient (Wildman–Crippen LogP) is 4.95. The van der Waals surface area contributed by atoms with E-state index in [0.29, 0.717) is 24.4 Å². The topological polar surface area (TPSA) is 117 Å². The standard InChI is InChI=1S/C28H32F2N4O4/c1-17-12-24(33-26(13-17)34-25-14-20(27(29)30)8-9-31-25)21-6-7-23(32-15-21)22(16-36)18-2-4-19(5-3-18)28(37)38-11-10-35/h6-9,12-15,18-19,22,27,35-36H,2-5,10-11,16H2,1H3,(H,31,33,34). The SMILES string of the molecule is Cc1cc(Nc2cc(C(F)F)ccn2)nc(-c2ccc(C(CO)C3CCC(C(=O)OCCO)CC3)nc2)c1. The molecule has 10 heteroatoms. The quantitative estimate of drug-likeness (QED) is 0.318. The van der Waals surface area contributed by atoms with Crippen molar-refractivity contribution in [2.24, 2.45) is 11.8 Å². The average molecular weight is 527 g/mol. The van der Waals surface area contributed by atoms with Crippen molar-refractivity contribution < 1.29 is 28.5 Å². The average Bonchev–Trinajstić information content (AvgIpc) is 2.92. The summed E-state index contributed by atoms with van der Waals surface area (Å²) in [6, 6.07) is 10.1. The van der Waals surface area contributed by atoms with Gasteiger partial charge in [0.1, 0.15) is 18.2 Å². The van der Waals surface area contributed by atoms with Gasteiger partial charge in [0.25, 0.3) is 6.43 Å². The first-order valence-electron chi connectivity index (χ1n) is 12.7. The normalized spacial score (nSPS) is 18.3. The molecule has 0 amide bonds. The van der Waals surface area contributed by atoms with Crippen molar-refractivity contribution in [3.05, 3.63) is 65.6 Å². The smallest absolute Gasteiger partial charge is 0.309 e. The molecule has 1 saturated carbocycles. The maximum Gasteiger partial charge on any atom is 0.309 e. The van der Waals surface area contributed by atoms with Crippen LogP contribution in [0.15, 0.2) is 48.8 Å². The van der Waals surface area contributed by atoms with Gasteiger partial charge in [-0.3, -0.25) is 9.78 Å². The van der Waals surface area contributed by atoms with Gasteiger partial charge in [-0.2, -0.15) is 0 Å². The molecule has 1 atom stereocenters. The molecule has 0 aliphatic heterocycles. The lowest BCUT2D eigenvalue weighted by atomic mass is 9.75. The van der Waals surface area contributed by atoms with Crippen LogP contribution in [-0.4, -0.2) is 51.0 Å². The number of ether oxygens (including phenoxy) is 1. The Kier molecular flexibility index (Phi) is 9.30. The number of carbonyl (C=O) groups is 1. The van der Waals surface area contributed by atoms with Gasteiger partial charge < -0.3 is 20.3 Å². The highest BCUT2D eigenvalue weighted by Crippen LogP contribution is 2.38. The summed E-state index contributed by atoms with van der Waals surface area (Å²) in [5, 5.41) is 22.0. The molecule has 3 aromatic heterocycles. The summed E-state index contributed by atoms with van der Waals surface area (Å²) in [4.78, 5) is 25.5. The molecule has 4 rings (SSSR count). The Morgan fingerprint density at radius 3 is 2.53 bits per heavy atom. The zero-order valence-corrected chi connectivity index (χ0v) is 21.2. The molecule has 0 radical (unpaired) electrons. The van der Waals surface area contributed by atoms with Crippen LogP contribution in [-0.2, 0) is 9.53 Å². The van der Waals surface area contributed by atoms with Gasteiger partial charge in [-0.05, 0) is 80.5 Å². The first-order chi connectivity index (χ1) is 18.4. The number of hydrogen-bond acceptors (Lipinski definition) is 8. The zero-order chi connectivity index (χ0) is 27.1. The van der Waals surface area contributed by atoms with Gasteiger partial charge in [-0.15, -0.1) is 0 Å². The molecule has 0 aromatic carbocycles. The Hall–Kier alpha value is -3.50. The fraction of sp³-hybridized carbons (Fsp3) is 0.429. The highest BCUT2D eigenvalue weighted by molar-refractivity contribution is 5.72. The number of esters is 1. The van der Waals surface area contributed by atoms with Crippen molar-refractivity contribution >= 4 is 17.6 Å². The van der Waals surface area contributed by atoms with Crippen molar-refractivity contribution in [2.75, 3.05) is 25.1 Å². The molecule has 3 aromatic rings. The first kappa shape index (κ1) is 27.5. The minimum atomic E-state index is -2.59. The van der Waals surface area contributed by atoms with Crippen LogP contribution in [0.5, 0.6) is 0 Å². The number of nitrogens with zero attached hydrogens (tertiary/aromatic N) is 3. The largest absolute Gasteiger partial charge is 0.463 e. The summed E-state index contributed by atoms with van der Waals surface area (Å²) in [6.45, 7) is 1.71. The van der Waals surface area contributed by atoms with Crippen molar-refractivity contribution in [1.82, 2.24) is 15.0 Å². The van der Waals surface area contributed by atoms with Crippen LogP contribution in [0.25, 0.3) is 11.3 Å². The molecular formula is C28H32F2N4O4. The van der Waals surface area contributed by atoms with Crippen LogP contribution in [0.4, 0.5) is 20.4 Å². The van der Waals surface area contributed by atoms with E-state index in [1.165, 1.54) is 18.3 Å². The summed E-state index contributed by atoms with van der Waals surface area (Å²) in [5.41, 5.74) is 3.03. The lowest BCUT2D eigenvalue weighted by molar-refractivity contribution is -0.151. The Morgan fingerprint density at radius 2 is 1.87 bits per heavy atom. The number of aliphatic hydroxyl groups is 2. The zero-order valence-electron chi connectivity index (χ0n) is 21.2. The van der Waals surface area contributed by atoms with Crippen LogP contribution in [0.1, 0.15) is 54.8 Å². The molecule has 202 valence electrons. The Balaban J connectivity index is 1.44. The van der Waals surface area contributed by atoms with E-state index in [4.69, 9.17) is 9.84 Å². The number of hydrogen-bond donors (Lipinski definition) is 3. The van der Waals surface area contributed by atoms with E-state index in [0.717, 1.165) is 29.7 Å². The van der Waals surface area contributed by atoms with E-state index in [2.05, 4.69) is 20.3 Å². The maximum absolute atomic E-state index is 13.0. The van der Waals surface area contributed by atoms with Gasteiger partial charge in [0.05, 0.1) is 24.8 Å². The highest BCUT2D eigenvalue weighted by Gasteiger charge is 2.32. The molecule has 8 nitrogen and oxygen atoms in total. The van der Waals surface area contributed by atoms with Gasteiger partial charge in [-0.25, -0.2) is 18.7 Å². The number of nitrogens with one attached hydrogen (secondary N) is 1. The number of alkyl halides is 2. The molecule has 1 aliphatic carbocycles. The molecule has 3 heterocycles. The number of halogens is 2. The fourth-order valence-electron chi connectivity index (χ4n) is 4.94. The molecular weight excluding hydrogens is 494 g/mol. The molecule has 38 heavy (non-hydrogen) atoms. The highest BCUT2D eigenvalue weighted by atomic mass is 19.3. The number of aromatic nitrogens is 3. The van der Waals surface area contributed by atoms with Gasteiger partial charge in [0.2, 0.25) is 0 Å². The minimum absolute atomic E-state index is 0.0183. The molecule has 3 N–H and O–H groups in total. The monoisotopic (exact) mass is 526 g/mol. The van der Waals surface area contributed by atoms with Crippen LogP contribution >= 0.6 is 0 Å². The van der Waals surface area contributed by atoms with Crippen molar-refractivity contribution in [3.63, 3.8) is 0 Å². The van der Waals surface area contributed by atoms with Crippen molar-refractivity contribution in [1.29, 1.82) is 0 Å². The second-order valence-corrected chi connectivity index (χ2v) is 9.58. The third-order valence-electron chi connectivity index (χ3n) is 6.93. The molecule has 0 saturated heterocycles. The van der Waals surface area contributed by atoms with Crippen LogP contribution in [0.3, 0.4) is 0 Å². The summed E-state index contributed by atoms with van der Waals surface area (Å²) in [5.74, 6) is 0.375. The van der Waals surface area contributed by atoms with Crippen molar-refractivity contribution in [2.45, 2.75) is 45.0 Å². The van der Waals surface area contributed by atoms with Crippen LogP contribution < -0.4 is 5.32 Å². The predicted molar refractivity (Wildman–Crippen MR) is 138 cm³/mol. The second kappa shape index (κ2) is 12.8. The van der Waals surface area contributed by atoms with E-state index in [1.807, 2.05) is 25.1 Å². The Morgan fingerprint density at radius 1 is 1.08 bits per heavy atom. The molecule has 0 spiro atoms. The molecule has 1 fully saturated rings. The summed E-state index contributed by atoms with van der Waals surface area (Å²) in [7, 11) is 0. The molecule has 1 unspecified atom stereocenters. The van der Waals surface area contributed by atoms with Gasteiger partial charge >= 0.3 is 5.97 Å². The fourth-order valence-corrected chi connectivity index (χ4v) is 4.94. The summed E-state index contributed by atoms with van der Waals surface area (Å²) in [6.07, 6.45) is 3.39. The van der Waals surface area contributed by atoms with E-state index >= 15 is 0 Å². The van der Waals surface area contributed by atoms with E-state index in [9.17, 15) is 18.7 Å². The lowest BCUT2D eigenvalue weighted by Crippen LogP contribution is -2.28. The third-order valence-corrected chi connectivity index (χ3v) is 6.93. The third kappa shape index (κ3) is 6.87. The van der Waals surface area contributed by atoms with Gasteiger partial charge in [0, 0.05) is 35.1 Å². The first-order valence-corrected chi connectivity index (χ1v) is 12.7. The van der Waals surface area contributed by atoms with E-state index in [1.54, 1.807) is 12.3 Å². The minimum Gasteiger partial charge on any atom is -0.463 e. The van der Waals surface area contributed by atoms with Crippen molar-refractivity contribution in [3.8, 4) is 11.3 Å². The number of aliphatic hydroxyl groups excluding tert-OH is 2. The number of anilines is 2. The summed E-state index contributed by atoms with van der Waals surface area (Å²) < 4.78 is 31.1. The number of carbonyl (C=O) groups excluding carboxylic acids is 1. The molecule has 0 bridgehead atoms. The number of aryl methyl sites for hydroxylation is 1. The Labute approximate surface area is 220 Å². The second-order valence-electron chi connectivity index (χ2n) is 9.58. The van der Waals surface area contributed by atoms with Gasteiger partial charge in [-0.1, -0.05) is 0 Å². The van der Waals surface area contributed by atoms with Crippen LogP contribution in [0.2, 0.25) is 0 Å². The van der Waals surface area contributed by atoms with E-state index in [-0.39, 0.29) is 54.9 Å². The number of pyridine rings is 3. The lowest BCUT2D eigenvalue weighted by Gasteiger charge is -2.32.